The molecule has 14 heteroatoms. The molecule has 35 heavy (non-hydrogen) atoms. The van der Waals surface area contributed by atoms with Crippen LogP contribution in [0.25, 0.3) is 10.2 Å². The minimum Gasteiger partial charge on any atom is -0.397 e. The van der Waals surface area contributed by atoms with E-state index in [0.717, 1.165) is 17.4 Å². The van der Waals surface area contributed by atoms with Crippen LogP contribution in [0.5, 0.6) is 0 Å². The number of aliphatic hydroxyl groups excluding tert-OH is 1. The number of hydrogen-bond acceptors (Lipinski definition) is 10. The first-order valence-electron chi connectivity index (χ1n) is 10.7. The zero-order chi connectivity index (χ0) is 25.3. The standard InChI is InChI=1S/C21H24F3N7O2S2/c1-34-20-27-5-2-12(29-20)13(32)9-28-10-3-6-31(7-4-10)14-8-11(21(22,23)24)15-16(25)17(18(26)33)35-19(15)30-14/h2,5,8,10,13,28,32H,3-4,6-7,9,25H2,1H3,(H2,26,33). The molecule has 0 aromatic carbocycles. The zero-order valence-corrected chi connectivity index (χ0v) is 20.3. The van der Waals surface area contributed by atoms with Crippen molar-refractivity contribution in [2.75, 3.05) is 36.5 Å². The Labute approximate surface area is 207 Å². The molecule has 1 fully saturated rings. The normalized spacial score (nSPS) is 16.1. The highest BCUT2D eigenvalue weighted by atomic mass is 32.2. The summed E-state index contributed by atoms with van der Waals surface area (Å²) in [4.78, 5) is 26.0. The molecule has 4 rings (SSSR count). The summed E-state index contributed by atoms with van der Waals surface area (Å²) in [7, 11) is 0. The predicted molar refractivity (Wildman–Crippen MR) is 130 cm³/mol. The zero-order valence-electron chi connectivity index (χ0n) is 18.7. The quantitative estimate of drug-likeness (QED) is 0.269. The number of nitrogens with two attached hydrogens (primary N) is 2. The molecule has 3 aromatic rings. The van der Waals surface area contributed by atoms with Gasteiger partial charge in [0.05, 0.1) is 16.9 Å². The second-order valence-corrected chi connectivity index (χ2v) is 9.84. The fourth-order valence-corrected chi connectivity index (χ4v) is 5.34. The molecular formula is C21H24F3N7O2S2. The summed E-state index contributed by atoms with van der Waals surface area (Å²) in [6, 6.07) is 2.72. The van der Waals surface area contributed by atoms with Crippen molar-refractivity contribution in [2.45, 2.75) is 36.3 Å². The molecular weight excluding hydrogens is 503 g/mol. The Kier molecular flexibility index (Phi) is 7.35. The Morgan fingerprint density at radius 1 is 1.37 bits per heavy atom. The third-order valence-electron chi connectivity index (χ3n) is 5.81. The summed E-state index contributed by atoms with van der Waals surface area (Å²) in [5.74, 6) is -0.716. The van der Waals surface area contributed by atoms with Crippen molar-refractivity contribution in [2.24, 2.45) is 5.73 Å². The van der Waals surface area contributed by atoms with Crippen molar-refractivity contribution in [3.8, 4) is 0 Å². The van der Waals surface area contributed by atoms with Gasteiger partial charge in [0, 0.05) is 37.3 Å². The second kappa shape index (κ2) is 10.1. The number of piperidine rings is 1. The Hall–Kier alpha value is -2.68. The maximum absolute atomic E-state index is 13.8. The number of halogens is 3. The van der Waals surface area contributed by atoms with Crippen LogP contribution in [-0.4, -0.2) is 57.9 Å². The number of pyridine rings is 1. The van der Waals surface area contributed by atoms with E-state index >= 15 is 0 Å². The molecule has 4 heterocycles. The fraction of sp³-hybridized carbons (Fsp3) is 0.429. The van der Waals surface area contributed by atoms with Crippen molar-refractivity contribution in [1.82, 2.24) is 20.3 Å². The van der Waals surface area contributed by atoms with E-state index in [9.17, 15) is 23.1 Å². The molecule has 1 saturated heterocycles. The average Bonchev–Trinajstić information content (AvgIpc) is 3.18. The summed E-state index contributed by atoms with van der Waals surface area (Å²) in [6.45, 7) is 1.23. The van der Waals surface area contributed by atoms with Gasteiger partial charge in [-0.3, -0.25) is 4.79 Å². The monoisotopic (exact) mass is 527 g/mol. The molecule has 3 aromatic heterocycles. The number of rotatable bonds is 7. The number of thioether (sulfide) groups is 1. The summed E-state index contributed by atoms with van der Waals surface area (Å²) >= 11 is 2.15. The molecule has 0 radical (unpaired) electrons. The highest BCUT2D eigenvalue weighted by molar-refractivity contribution is 7.98. The number of carbonyl (C=O) groups is 1. The minimum absolute atomic E-state index is 0.0268. The van der Waals surface area contributed by atoms with E-state index < -0.39 is 23.8 Å². The summed E-state index contributed by atoms with van der Waals surface area (Å²) in [6.07, 6.45) is -0.731. The molecule has 0 saturated carbocycles. The van der Waals surface area contributed by atoms with Crippen molar-refractivity contribution in [3.63, 3.8) is 0 Å². The lowest BCUT2D eigenvalue weighted by atomic mass is 10.0. The lowest BCUT2D eigenvalue weighted by Crippen LogP contribution is -2.44. The van der Waals surface area contributed by atoms with Crippen molar-refractivity contribution < 1.29 is 23.1 Å². The molecule has 1 amide bonds. The van der Waals surface area contributed by atoms with Crippen molar-refractivity contribution in [3.05, 3.63) is 34.5 Å². The van der Waals surface area contributed by atoms with Crippen LogP contribution in [0.4, 0.5) is 24.7 Å². The first-order chi connectivity index (χ1) is 16.6. The average molecular weight is 528 g/mol. The number of amides is 1. The van der Waals surface area contributed by atoms with Gasteiger partial charge >= 0.3 is 6.18 Å². The number of aliphatic hydroxyl groups is 1. The Morgan fingerprint density at radius 3 is 2.71 bits per heavy atom. The van der Waals surface area contributed by atoms with Crippen LogP contribution < -0.4 is 21.7 Å². The molecule has 0 bridgehead atoms. The third kappa shape index (κ3) is 5.44. The maximum Gasteiger partial charge on any atom is 0.417 e. The number of nitrogen functional groups attached to an aromatic ring is 1. The fourth-order valence-electron chi connectivity index (χ4n) is 4.01. The van der Waals surface area contributed by atoms with Gasteiger partial charge in [-0.2, -0.15) is 13.2 Å². The van der Waals surface area contributed by atoms with Gasteiger partial charge in [0.15, 0.2) is 5.16 Å². The number of nitrogens with one attached hydrogen (secondary N) is 1. The van der Waals surface area contributed by atoms with E-state index in [-0.39, 0.29) is 32.6 Å². The number of aromatic nitrogens is 3. The van der Waals surface area contributed by atoms with E-state index in [1.54, 1.807) is 17.2 Å². The number of nitrogens with zero attached hydrogens (tertiary/aromatic N) is 4. The van der Waals surface area contributed by atoms with E-state index in [1.165, 1.54) is 11.8 Å². The molecule has 188 valence electrons. The van der Waals surface area contributed by atoms with Gasteiger partial charge in [-0.25, -0.2) is 15.0 Å². The van der Waals surface area contributed by atoms with Crippen LogP contribution in [0.2, 0.25) is 0 Å². The topological polar surface area (TPSA) is 143 Å². The largest absolute Gasteiger partial charge is 0.417 e. The van der Waals surface area contributed by atoms with E-state index in [0.29, 0.717) is 43.3 Å². The van der Waals surface area contributed by atoms with E-state index in [4.69, 9.17) is 11.5 Å². The highest BCUT2D eigenvalue weighted by Gasteiger charge is 2.37. The molecule has 9 nitrogen and oxygen atoms in total. The van der Waals surface area contributed by atoms with Crippen LogP contribution in [0.1, 0.15) is 39.9 Å². The number of primary amides is 1. The number of anilines is 2. The van der Waals surface area contributed by atoms with Crippen molar-refractivity contribution >= 4 is 50.7 Å². The number of hydrogen-bond donors (Lipinski definition) is 4. The Morgan fingerprint density at radius 2 is 2.09 bits per heavy atom. The first kappa shape index (κ1) is 25.4. The predicted octanol–water partition coefficient (Wildman–Crippen LogP) is 2.80. The Balaban J connectivity index is 1.45. The summed E-state index contributed by atoms with van der Waals surface area (Å²) in [5, 5.41) is 14.0. The van der Waals surface area contributed by atoms with Crippen LogP contribution in [0.3, 0.4) is 0 Å². The molecule has 1 aliphatic rings. The smallest absolute Gasteiger partial charge is 0.397 e. The van der Waals surface area contributed by atoms with E-state index in [2.05, 4.69) is 20.3 Å². The lowest BCUT2D eigenvalue weighted by Gasteiger charge is -2.34. The van der Waals surface area contributed by atoms with Crippen LogP contribution in [0, 0.1) is 0 Å². The van der Waals surface area contributed by atoms with Gasteiger partial charge in [0.25, 0.3) is 5.91 Å². The highest BCUT2D eigenvalue weighted by Crippen LogP contribution is 2.43. The molecule has 0 spiro atoms. The summed E-state index contributed by atoms with van der Waals surface area (Å²) in [5.41, 5.74) is 10.4. The summed E-state index contributed by atoms with van der Waals surface area (Å²) < 4.78 is 41.5. The van der Waals surface area contributed by atoms with Gasteiger partial charge in [0.2, 0.25) is 0 Å². The lowest BCUT2D eigenvalue weighted by molar-refractivity contribution is -0.136. The second-order valence-electron chi connectivity index (χ2n) is 8.07. The van der Waals surface area contributed by atoms with E-state index in [1.807, 2.05) is 6.26 Å². The Bertz CT molecular complexity index is 1230. The molecule has 0 aliphatic carbocycles. The first-order valence-corrected chi connectivity index (χ1v) is 12.8. The van der Waals surface area contributed by atoms with Gasteiger partial charge in [-0.15, -0.1) is 11.3 Å². The minimum atomic E-state index is -4.67. The third-order valence-corrected chi connectivity index (χ3v) is 7.49. The van der Waals surface area contributed by atoms with Gasteiger partial charge in [-0.05, 0) is 31.2 Å². The molecule has 1 atom stereocenters. The maximum atomic E-state index is 13.8. The van der Waals surface area contributed by atoms with Gasteiger partial charge in [0.1, 0.15) is 21.6 Å². The number of alkyl halides is 3. The van der Waals surface area contributed by atoms with Crippen molar-refractivity contribution in [1.29, 1.82) is 0 Å². The van der Waals surface area contributed by atoms with Gasteiger partial charge in [-0.1, -0.05) is 11.8 Å². The number of carbonyl (C=O) groups excluding carboxylic acids is 1. The van der Waals surface area contributed by atoms with Crippen LogP contribution in [-0.2, 0) is 6.18 Å². The van der Waals surface area contributed by atoms with Gasteiger partial charge < -0.3 is 26.8 Å². The number of fused-ring (bicyclic) bond motifs is 1. The molecule has 6 N–H and O–H groups in total. The van der Waals surface area contributed by atoms with Crippen LogP contribution in [0.15, 0.2) is 23.5 Å². The molecule has 1 unspecified atom stereocenters. The van der Waals surface area contributed by atoms with Crippen LogP contribution >= 0.6 is 23.1 Å². The number of thiophene rings is 1. The molecule has 1 aliphatic heterocycles. The SMILES string of the molecule is CSc1nccc(C(O)CNC2CCN(c3cc(C(F)(F)F)c4c(N)c(C(N)=O)sc4n3)CC2)n1.